The summed E-state index contributed by atoms with van der Waals surface area (Å²) < 4.78 is 5.81. The van der Waals surface area contributed by atoms with Crippen LogP contribution >= 0.6 is 0 Å². The molecule has 0 aromatic heterocycles. The molecule has 1 aromatic rings. The zero-order valence-corrected chi connectivity index (χ0v) is 12.1. The van der Waals surface area contributed by atoms with Crippen molar-refractivity contribution in [1.82, 2.24) is 9.80 Å². The first kappa shape index (κ1) is 13.9. The molecule has 4 heteroatoms. The molecule has 110 valence electrons. The van der Waals surface area contributed by atoms with E-state index < -0.39 is 0 Å². The van der Waals surface area contributed by atoms with Crippen LogP contribution in [0.15, 0.2) is 24.3 Å². The predicted octanol–water partition coefficient (Wildman–Crippen LogP) is 1.30. The molecule has 2 aliphatic heterocycles. The summed E-state index contributed by atoms with van der Waals surface area (Å²) in [7, 11) is 0. The average Bonchev–Trinajstić information content (AvgIpc) is 2.68. The molecule has 2 heterocycles. The van der Waals surface area contributed by atoms with Crippen LogP contribution in [0.1, 0.15) is 18.4 Å². The van der Waals surface area contributed by atoms with Crippen molar-refractivity contribution in [2.45, 2.75) is 25.4 Å². The number of benzene rings is 1. The monoisotopic (exact) mass is 275 g/mol. The molecule has 1 fully saturated rings. The summed E-state index contributed by atoms with van der Waals surface area (Å²) in [6.45, 7) is 7.39. The highest BCUT2D eigenvalue weighted by Crippen LogP contribution is 2.22. The first-order valence-corrected chi connectivity index (χ1v) is 7.72. The lowest BCUT2D eigenvalue weighted by Gasteiger charge is -2.31. The highest BCUT2D eigenvalue weighted by molar-refractivity contribution is 5.33. The molecule has 0 radical (unpaired) electrons. The number of nitrogens with two attached hydrogens (primary N) is 1. The second kappa shape index (κ2) is 6.57. The van der Waals surface area contributed by atoms with Crippen LogP contribution in [0.5, 0.6) is 5.75 Å². The second-order valence-electron chi connectivity index (χ2n) is 5.91. The van der Waals surface area contributed by atoms with Crippen molar-refractivity contribution in [3.63, 3.8) is 0 Å². The smallest absolute Gasteiger partial charge is 0.123 e. The molecule has 3 rings (SSSR count). The van der Waals surface area contributed by atoms with Crippen molar-refractivity contribution >= 4 is 0 Å². The summed E-state index contributed by atoms with van der Waals surface area (Å²) in [5.74, 6) is 1.05. The Morgan fingerprint density at radius 3 is 2.65 bits per heavy atom. The molecular formula is C16H25N3O. The third kappa shape index (κ3) is 3.51. The quantitative estimate of drug-likeness (QED) is 0.903. The summed E-state index contributed by atoms with van der Waals surface area (Å²) in [6.07, 6.45) is 2.29. The highest BCUT2D eigenvalue weighted by atomic mass is 16.5. The topological polar surface area (TPSA) is 41.7 Å². The minimum Gasteiger partial charge on any atom is -0.492 e. The van der Waals surface area contributed by atoms with E-state index in [0.717, 1.165) is 64.5 Å². The van der Waals surface area contributed by atoms with E-state index in [1.165, 1.54) is 5.56 Å². The van der Waals surface area contributed by atoms with Gasteiger partial charge in [0.1, 0.15) is 12.4 Å². The fourth-order valence-corrected chi connectivity index (χ4v) is 3.03. The predicted molar refractivity (Wildman–Crippen MR) is 80.9 cm³/mol. The SMILES string of the molecule is NC1CCN(CCN2CCOc3ccccc3C2)CC1. The minimum atomic E-state index is 0.421. The lowest BCUT2D eigenvalue weighted by molar-refractivity contribution is 0.162. The third-order valence-electron chi connectivity index (χ3n) is 4.40. The van der Waals surface area contributed by atoms with Crippen LogP contribution in [0.3, 0.4) is 0 Å². The van der Waals surface area contributed by atoms with E-state index in [-0.39, 0.29) is 0 Å². The number of nitrogens with zero attached hydrogens (tertiary/aromatic N) is 2. The molecule has 20 heavy (non-hydrogen) atoms. The number of rotatable bonds is 3. The van der Waals surface area contributed by atoms with Gasteiger partial charge in [0.15, 0.2) is 0 Å². The largest absolute Gasteiger partial charge is 0.492 e. The normalized spacial score (nSPS) is 22.1. The maximum absolute atomic E-state index is 5.96. The van der Waals surface area contributed by atoms with Crippen LogP contribution in [-0.2, 0) is 6.54 Å². The Labute approximate surface area is 121 Å². The zero-order chi connectivity index (χ0) is 13.8. The van der Waals surface area contributed by atoms with E-state index in [1.54, 1.807) is 0 Å². The molecule has 0 spiro atoms. The van der Waals surface area contributed by atoms with Crippen molar-refractivity contribution in [1.29, 1.82) is 0 Å². The lowest BCUT2D eigenvalue weighted by atomic mass is 10.1. The van der Waals surface area contributed by atoms with Gasteiger partial charge in [0.25, 0.3) is 0 Å². The van der Waals surface area contributed by atoms with Crippen LogP contribution in [0, 0.1) is 0 Å². The zero-order valence-electron chi connectivity index (χ0n) is 12.1. The van der Waals surface area contributed by atoms with Crippen molar-refractivity contribution in [3.05, 3.63) is 29.8 Å². The Morgan fingerprint density at radius 2 is 1.80 bits per heavy atom. The molecule has 1 aromatic carbocycles. The number of piperidine rings is 1. The van der Waals surface area contributed by atoms with Gasteiger partial charge in [-0.1, -0.05) is 18.2 Å². The van der Waals surface area contributed by atoms with Crippen LogP contribution in [0.25, 0.3) is 0 Å². The van der Waals surface area contributed by atoms with Crippen molar-refractivity contribution < 1.29 is 4.74 Å². The molecular weight excluding hydrogens is 250 g/mol. The number of hydrogen-bond donors (Lipinski definition) is 1. The summed E-state index contributed by atoms with van der Waals surface area (Å²) in [4.78, 5) is 5.04. The van der Waals surface area contributed by atoms with Crippen LogP contribution in [-0.4, -0.2) is 55.2 Å². The van der Waals surface area contributed by atoms with E-state index in [2.05, 4.69) is 28.0 Å². The Bertz CT molecular complexity index is 429. The molecule has 0 atom stereocenters. The fourth-order valence-electron chi connectivity index (χ4n) is 3.03. The Morgan fingerprint density at radius 1 is 1.05 bits per heavy atom. The highest BCUT2D eigenvalue weighted by Gasteiger charge is 2.18. The summed E-state index contributed by atoms with van der Waals surface area (Å²) in [5.41, 5.74) is 7.27. The van der Waals surface area contributed by atoms with E-state index in [9.17, 15) is 0 Å². The van der Waals surface area contributed by atoms with Crippen molar-refractivity contribution in [3.8, 4) is 5.75 Å². The van der Waals surface area contributed by atoms with Gasteiger partial charge in [-0.25, -0.2) is 0 Å². The fraction of sp³-hybridized carbons (Fsp3) is 0.625. The van der Waals surface area contributed by atoms with Gasteiger partial charge in [0.2, 0.25) is 0 Å². The van der Waals surface area contributed by atoms with Crippen LogP contribution in [0.4, 0.5) is 0 Å². The van der Waals surface area contributed by atoms with Gasteiger partial charge in [-0.3, -0.25) is 4.90 Å². The number of hydrogen-bond acceptors (Lipinski definition) is 4. The van der Waals surface area contributed by atoms with E-state index >= 15 is 0 Å². The second-order valence-corrected chi connectivity index (χ2v) is 5.91. The average molecular weight is 275 g/mol. The molecule has 0 aliphatic carbocycles. The van der Waals surface area contributed by atoms with Gasteiger partial charge in [-0.15, -0.1) is 0 Å². The molecule has 0 amide bonds. The van der Waals surface area contributed by atoms with Gasteiger partial charge in [-0.2, -0.15) is 0 Å². The van der Waals surface area contributed by atoms with Gasteiger partial charge in [0.05, 0.1) is 0 Å². The number of likely N-dealkylation sites (tertiary alicyclic amines) is 1. The van der Waals surface area contributed by atoms with Crippen LogP contribution in [0.2, 0.25) is 0 Å². The number of ether oxygens (including phenoxy) is 1. The van der Waals surface area contributed by atoms with E-state index in [0.29, 0.717) is 6.04 Å². The molecule has 2 aliphatic rings. The molecule has 0 saturated carbocycles. The molecule has 0 unspecified atom stereocenters. The Balaban J connectivity index is 1.51. The standard InChI is InChI=1S/C16H25N3O/c17-15-5-7-18(8-6-15)9-10-19-11-12-20-16-4-2-1-3-14(16)13-19/h1-4,15H,5-13,17H2. The minimum absolute atomic E-state index is 0.421. The first-order valence-electron chi connectivity index (χ1n) is 7.72. The van der Waals surface area contributed by atoms with Gasteiger partial charge in [0, 0.05) is 37.8 Å². The summed E-state index contributed by atoms with van der Waals surface area (Å²) >= 11 is 0. The van der Waals surface area contributed by atoms with Crippen molar-refractivity contribution in [2.75, 3.05) is 39.3 Å². The Kier molecular flexibility index (Phi) is 4.55. The van der Waals surface area contributed by atoms with Gasteiger partial charge >= 0.3 is 0 Å². The van der Waals surface area contributed by atoms with E-state index in [4.69, 9.17) is 10.5 Å². The number of fused-ring (bicyclic) bond motifs is 1. The van der Waals surface area contributed by atoms with Gasteiger partial charge < -0.3 is 15.4 Å². The number of para-hydroxylation sites is 1. The maximum atomic E-state index is 5.96. The molecule has 4 nitrogen and oxygen atoms in total. The molecule has 0 bridgehead atoms. The van der Waals surface area contributed by atoms with E-state index in [1.807, 2.05) is 6.07 Å². The van der Waals surface area contributed by atoms with Gasteiger partial charge in [-0.05, 0) is 32.0 Å². The molecule has 1 saturated heterocycles. The van der Waals surface area contributed by atoms with Crippen LogP contribution < -0.4 is 10.5 Å². The summed E-state index contributed by atoms with van der Waals surface area (Å²) in [5, 5.41) is 0. The first-order chi connectivity index (χ1) is 9.81. The Hall–Kier alpha value is -1.10. The summed E-state index contributed by atoms with van der Waals surface area (Å²) in [6, 6.07) is 8.81. The van der Waals surface area contributed by atoms with Crippen molar-refractivity contribution in [2.24, 2.45) is 5.73 Å². The molecule has 2 N–H and O–H groups in total. The third-order valence-corrected chi connectivity index (χ3v) is 4.40. The lowest BCUT2D eigenvalue weighted by Crippen LogP contribution is -2.43. The maximum Gasteiger partial charge on any atom is 0.123 e.